The molecular weight excluding hydrogens is 144 g/mol. The van der Waals surface area contributed by atoms with Gasteiger partial charge in [0.15, 0.2) is 0 Å². The smallest absolute Gasteiger partial charge is 0.324 e. The zero-order chi connectivity index (χ0) is 8.43. The Morgan fingerprint density at radius 2 is 2.09 bits per heavy atom. The van der Waals surface area contributed by atoms with E-state index in [0.29, 0.717) is 19.5 Å². The molecule has 4 nitrogen and oxygen atoms in total. The van der Waals surface area contributed by atoms with Gasteiger partial charge < -0.3 is 4.90 Å². The van der Waals surface area contributed by atoms with E-state index >= 15 is 0 Å². The van der Waals surface area contributed by atoms with Crippen molar-refractivity contribution in [3.8, 4) is 0 Å². The van der Waals surface area contributed by atoms with E-state index in [-0.39, 0.29) is 11.9 Å². The van der Waals surface area contributed by atoms with Gasteiger partial charge in [0.25, 0.3) is 0 Å². The van der Waals surface area contributed by atoms with Gasteiger partial charge in [-0.2, -0.15) is 0 Å². The Kier molecular flexibility index (Phi) is 2.12. The van der Waals surface area contributed by atoms with Gasteiger partial charge in [0, 0.05) is 26.6 Å². The lowest BCUT2D eigenvalue weighted by Crippen LogP contribution is -2.50. The molecular formula is C7H12N2O2. The molecule has 1 aliphatic rings. The van der Waals surface area contributed by atoms with Crippen LogP contribution in [0.15, 0.2) is 0 Å². The fourth-order valence-electron chi connectivity index (χ4n) is 1.11. The summed E-state index contributed by atoms with van der Waals surface area (Å²) in [7, 11) is 1.52. The average molecular weight is 156 g/mol. The second kappa shape index (κ2) is 2.90. The second-order valence-corrected chi connectivity index (χ2v) is 2.56. The van der Waals surface area contributed by atoms with Crippen molar-refractivity contribution >= 4 is 11.9 Å². The van der Waals surface area contributed by atoms with Crippen LogP contribution in [0.1, 0.15) is 13.3 Å². The summed E-state index contributed by atoms with van der Waals surface area (Å²) >= 11 is 0. The van der Waals surface area contributed by atoms with Gasteiger partial charge >= 0.3 is 6.03 Å². The Bertz CT molecular complexity index is 191. The molecule has 11 heavy (non-hydrogen) atoms. The van der Waals surface area contributed by atoms with E-state index in [2.05, 4.69) is 0 Å². The molecule has 0 aromatic rings. The maximum atomic E-state index is 11.2. The number of carbonyl (C=O) groups is 2. The first-order chi connectivity index (χ1) is 5.16. The van der Waals surface area contributed by atoms with E-state index in [0.717, 1.165) is 0 Å². The number of hydrogen-bond acceptors (Lipinski definition) is 2. The maximum Gasteiger partial charge on any atom is 0.326 e. The van der Waals surface area contributed by atoms with Gasteiger partial charge in [-0.1, -0.05) is 0 Å². The zero-order valence-electron chi connectivity index (χ0n) is 6.83. The monoisotopic (exact) mass is 156 g/mol. The summed E-state index contributed by atoms with van der Waals surface area (Å²) in [6.45, 7) is 3.15. The number of amides is 3. The van der Waals surface area contributed by atoms with E-state index in [9.17, 15) is 9.59 Å². The van der Waals surface area contributed by atoms with Gasteiger partial charge in [-0.05, 0) is 6.92 Å². The summed E-state index contributed by atoms with van der Waals surface area (Å²) < 4.78 is 0. The van der Waals surface area contributed by atoms with Crippen LogP contribution in [0.5, 0.6) is 0 Å². The van der Waals surface area contributed by atoms with Gasteiger partial charge in [-0.15, -0.1) is 0 Å². The fraction of sp³-hybridized carbons (Fsp3) is 0.714. The normalized spacial score (nSPS) is 19.5. The molecule has 0 radical (unpaired) electrons. The number of nitrogens with zero attached hydrogens (tertiary/aromatic N) is 2. The fourth-order valence-corrected chi connectivity index (χ4v) is 1.11. The second-order valence-electron chi connectivity index (χ2n) is 2.56. The third-order valence-corrected chi connectivity index (χ3v) is 1.91. The minimum Gasteiger partial charge on any atom is -0.324 e. The number of carbonyl (C=O) groups excluding carboxylic acids is 2. The summed E-state index contributed by atoms with van der Waals surface area (Å²) in [4.78, 5) is 25.0. The number of imide groups is 1. The van der Waals surface area contributed by atoms with Crippen LogP contribution in [0.2, 0.25) is 0 Å². The average Bonchev–Trinajstić information content (AvgIpc) is 2.01. The third kappa shape index (κ3) is 1.34. The van der Waals surface area contributed by atoms with Crippen molar-refractivity contribution in [2.24, 2.45) is 0 Å². The highest BCUT2D eigenvalue weighted by molar-refractivity contribution is 5.96. The molecule has 62 valence electrons. The van der Waals surface area contributed by atoms with Crippen LogP contribution < -0.4 is 0 Å². The van der Waals surface area contributed by atoms with Crippen molar-refractivity contribution in [2.75, 3.05) is 20.1 Å². The zero-order valence-corrected chi connectivity index (χ0v) is 6.83. The molecule has 3 amide bonds. The molecule has 0 atom stereocenters. The first-order valence-corrected chi connectivity index (χ1v) is 3.72. The Morgan fingerprint density at radius 3 is 2.64 bits per heavy atom. The first-order valence-electron chi connectivity index (χ1n) is 3.72. The van der Waals surface area contributed by atoms with E-state index in [1.165, 1.54) is 11.9 Å². The van der Waals surface area contributed by atoms with Crippen LogP contribution in [-0.4, -0.2) is 41.9 Å². The molecule has 0 N–H and O–H groups in total. The molecule has 0 aromatic heterocycles. The molecule has 0 aliphatic carbocycles. The summed E-state index contributed by atoms with van der Waals surface area (Å²) in [6, 6.07) is -0.177. The summed E-state index contributed by atoms with van der Waals surface area (Å²) in [5.41, 5.74) is 0. The van der Waals surface area contributed by atoms with Gasteiger partial charge in [-0.3, -0.25) is 9.69 Å². The van der Waals surface area contributed by atoms with Crippen LogP contribution in [0.25, 0.3) is 0 Å². The van der Waals surface area contributed by atoms with Gasteiger partial charge in [0.2, 0.25) is 5.91 Å². The van der Waals surface area contributed by atoms with Crippen molar-refractivity contribution in [3.05, 3.63) is 0 Å². The Labute approximate surface area is 65.8 Å². The van der Waals surface area contributed by atoms with E-state index in [4.69, 9.17) is 0 Å². The number of urea groups is 1. The van der Waals surface area contributed by atoms with Crippen molar-refractivity contribution in [3.63, 3.8) is 0 Å². The van der Waals surface area contributed by atoms with Gasteiger partial charge in [-0.25, -0.2) is 4.79 Å². The van der Waals surface area contributed by atoms with Crippen LogP contribution >= 0.6 is 0 Å². The minimum absolute atomic E-state index is 0.0836. The van der Waals surface area contributed by atoms with Crippen LogP contribution in [0, 0.1) is 0 Å². The van der Waals surface area contributed by atoms with Crippen molar-refractivity contribution in [1.29, 1.82) is 0 Å². The molecule has 4 heteroatoms. The number of hydrogen-bond donors (Lipinski definition) is 0. The van der Waals surface area contributed by atoms with Gasteiger partial charge in [0.05, 0.1) is 0 Å². The van der Waals surface area contributed by atoms with Crippen LogP contribution in [-0.2, 0) is 4.79 Å². The minimum atomic E-state index is -0.177. The van der Waals surface area contributed by atoms with Crippen LogP contribution in [0.3, 0.4) is 0 Å². The Morgan fingerprint density at radius 1 is 1.45 bits per heavy atom. The predicted octanol–water partition coefficient (Wildman–Crippen LogP) is 0.290. The molecule has 0 saturated carbocycles. The van der Waals surface area contributed by atoms with Crippen molar-refractivity contribution in [2.45, 2.75) is 13.3 Å². The molecule has 1 fully saturated rings. The maximum absolute atomic E-state index is 11.2. The lowest BCUT2D eigenvalue weighted by molar-refractivity contribution is -0.129. The van der Waals surface area contributed by atoms with E-state index in [1.54, 1.807) is 4.90 Å². The highest BCUT2D eigenvalue weighted by atomic mass is 16.2. The molecule has 0 spiro atoms. The molecule has 1 aliphatic heterocycles. The van der Waals surface area contributed by atoms with Gasteiger partial charge in [0.1, 0.15) is 0 Å². The Balaban J connectivity index is 2.67. The molecule has 0 aromatic carbocycles. The standard InChI is InChI=1S/C7H12N2O2/c1-3-9-5-4-6(10)8(2)7(9)11/h3-5H2,1-2H3. The van der Waals surface area contributed by atoms with Crippen LogP contribution in [0.4, 0.5) is 4.79 Å². The molecule has 1 heterocycles. The summed E-state index contributed by atoms with van der Waals surface area (Å²) in [6.07, 6.45) is 0.454. The molecule has 0 unspecified atom stereocenters. The predicted molar refractivity (Wildman–Crippen MR) is 40.0 cm³/mol. The SMILES string of the molecule is CCN1CCC(=O)N(C)C1=O. The first kappa shape index (κ1) is 8.04. The van der Waals surface area contributed by atoms with E-state index in [1.807, 2.05) is 6.92 Å². The molecule has 1 rings (SSSR count). The summed E-state index contributed by atoms with van der Waals surface area (Å²) in [5.74, 6) is -0.0836. The van der Waals surface area contributed by atoms with E-state index < -0.39 is 0 Å². The highest BCUT2D eigenvalue weighted by Gasteiger charge is 2.27. The molecule has 0 bridgehead atoms. The quantitative estimate of drug-likeness (QED) is 0.547. The topological polar surface area (TPSA) is 40.6 Å². The highest BCUT2D eigenvalue weighted by Crippen LogP contribution is 2.06. The lowest BCUT2D eigenvalue weighted by Gasteiger charge is -2.30. The molecule has 1 saturated heterocycles. The third-order valence-electron chi connectivity index (χ3n) is 1.91. The van der Waals surface area contributed by atoms with Crippen molar-refractivity contribution < 1.29 is 9.59 Å². The Hall–Kier alpha value is -1.06. The number of rotatable bonds is 1. The van der Waals surface area contributed by atoms with Crippen molar-refractivity contribution in [1.82, 2.24) is 9.80 Å². The lowest BCUT2D eigenvalue weighted by atomic mass is 10.3. The summed E-state index contributed by atoms with van der Waals surface area (Å²) in [5, 5.41) is 0. The largest absolute Gasteiger partial charge is 0.326 e.